The molecule has 0 aliphatic rings. The molecule has 428 valence electrons. The van der Waals surface area contributed by atoms with Crippen molar-refractivity contribution >= 4 is 17.9 Å². The van der Waals surface area contributed by atoms with Crippen molar-refractivity contribution in [3.63, 3.8) is 0 Å². The minimum atomic E-state index is -0.775. The third kappa shape index (κ3) is 60.4. The minimum absolute atomic E-state index is 0.0748. The number of hydrogen-bond donors (Lipinski definition) is 0. The molecule has 0 heterocycles. The quantitative estimate of drug-likeness (QED) is 0.0261. The van der Waals surface area contributed by atoms with Crippen LogP contribution in [0.3, 0.4) is 0 Å². The van der Waals surface area contributed by atoms with Crippen molar-refractivity contribution in [2.45, 2.75) is 361 Å². The SMILES string of the molecule is CCC/C=C\CCCCCCCC(=O)OCC(COC(=O)CCCCCCCCCCCCCCCCCCCCCCCCC/C=C\CCCCCCCCCC)OC(=O)CCCCCCC/C=C\CCC. The molecule has 0 saturated carbocycles. The van der Waals surface area contributed by atoms with E-state index in [0.29, 0.717) is 19.3 Å². The Labute approximate surface area is 455 Å². The summed E-state index contributed by atoms with van der Waals surface area (Å²) in [7, 11) is 0. The van der Waals surface area contributed by atoms with Gasteiger partial charge >= 0.3 is 17.9 Å². The van der Waals surface area contributed by atoms with E-state index in [1.165, 1.54) is 225 Å². The minimum Gasteiger partial charge on any atom is -0.462 e. The van der Waals surface area contributed by atoms with Crippen molar-refractivity contribution in [2.24, 2.45) is 0 Å². The van der Waals surface area contributed by atoms with Crippen LogP contribution in [0.5, 0.6) is 0 Å². The van der Waals surface area contributed by atoms with Gasteiger partial charge in [-0.15, -0.1) is 0 Å². The summed E-state index contributed by atoms with van der Waals surface area (Å²) in [5.74, 6) is -0.882. The van der Waals surface area contributed by atoms with E-state index < -0.39 is 6.10 Å². The Morgan fingerprint density at radius 1 is 0.260 bits per heavy atom. The monoisotopic (exact) mass is 1020 g/mol. The molecule has 0 spiro atoms. The second kappa shape index (κ2) is 62.2. The van der Waals surface area contributed by atoms with Crippen LogP contribution in [0.2, 0.25) is 0 Å². The molecule has 1 atom stereocenters. The van der Waals surface area contributed by atoms with E-state index in [1.807, 2.05) is 0 Å². The second-order valence-corrected chi connectivity index (χ2v) is 22.0. The Balaban J connectivity index is 3.89. The zero-order valence-corrected chi connectivity index (χ0v) is 49.2. The Kier molecular flexibility index (Phi) is 60.2. The molecule has 0 amide bonds. The lowest BCUT2D eigenvalue weighted by atomic mass is 10.0. The van der Waals surface area contributed by atoms with Gasteiger partial charge in [-0.1, -0.05) is 288 Å². The summed E-state index contributed by atoms with van der Waals surface area (Å²) in [5.41, 5.74) is 0. The molecule has 0 aliphatic carbocycles. The maximum absolute atomic E-state index is 12.8. The Hall–Kier alpha value is -2.37. The fourth-order valence-corrected chi connectivity index (χ4v) is 9.68. The van der Waals surface area contributed by atoms with Crippen LogP contribution in [-0.2, 0) is 28.6 Å². The maximum Gasteiger partial charge on any atom is 0.306 e. The van der Waals surface area contributed by atoms with E-state index >= 15 is 0 Å². The van der Waals surface area contributed by atoms with E-state index in [-0.39, 0.29) is 31.1 Å². The number of esters is 3. The average Bonchev–Trinajstić information content (AvgIpc) is 3.39. The molecule has 0 radical (unpaired) electrons. The zero-order valence-electron chi connectivity index (χ0n) is 49.2. The number of hydrogen-bond acceptors (Lipinski definition) is 6. The first-order valence-corrected chi connectivity index (χ1v) is 32.5. The normalized spacial score (nSPS) is 12.2. The Morgan fingerprint density at radius 3 is 0.740 bits per heavy atom. The van der Waals surface area contributed by atoms with Gasteiger partial charge in [-0.25, -0.2) is 0 Å². The van der Waals surface area contributed by atoms with E-state index in [1.54, 1.807) is 0 Å². The van der Waals surface area contributed by atoms with Gasteiger partial charge in [-0.05, 0) is 83.5 Å². The molecule has 73 heavy (non-hydrogen) atoms. The van der Waals surface area contributed by atoms with Gasteiger partial charge in [0, 0.05) is 19.3 Å². The van der Waals surface area contributed by atoms with Crippen LogP contribution in [-0.4, -0.2) is 37.2 Å². The summed E-state index contributed by atoms with van der Waals surface area (Å²) in [6.07, 6.45) is 76.4. The number of ether oxygens (including phenoxy) is 3. The van der Waals surface area contributed by atoms with Crippen LogP contribution in [0.1, 0.15) is 355 Å². The highest BCUT2D eigenvalue weighted by Gasteiger charge is 2.19. The van der Waals surface area contributed by atoms with Gasteiger partial charge in [0.05, 0.1) is 0 Å². The van der Waals surface area contributed by atoms with Crippen molar-refractivity contribution in [1.82, 2.24) is 0 Å². The van der Waals surface area contributed by atoms with Crippen molar-refractivity contribution in [2.75, 3.05) is 13.2 Å². The van der Waals surface area contributed by atoms with Gasteiger partial charge in [0.25, 0.3) is 0 Å². The summed E-state index contributed by atoms with van der Waals surface area (Å²) in [5, 5.41) is 0. The summed E-state index contributed by atoms with van der Waals surface area (Å²) in [6.45, 7) is 6.54. The molecule has 1 unspecified atom stereocenters. The standard InChI is InChI=1S/C67H124O6/c1-4-7-10-13-16-19-22-23-24-25-26-27-28-29-30-31-32-33-34-35-36-37-38-39-40-41-42-43-44-45-46-49-51-54-57-60-66(69)72-63-64(73-67(70)61-58-55-52-48-21-18-15-12-9-6-3)62-71-65(68)59-56-53-50-47-20-17-14-11-8-5-2/h11-12,14-15,25-26,64H,4-10,13,16-24,27-63H2,1-3H3/b14-11-,15-12-,26-25-. The smallest absolute Gasteiger partial charge is 0.306 e. The van der Waals surface area contributed by atoms with Crippen molar-refractivity contribution in [3.05, 3.63) is 36.5 Å². The summed E-state index contributed by atoms with van der Waals surface area (Å²) in [6, 6.07) is 0. The molecule has 0 aromatic rings. The molecular formula is C67H124O6. The molecule has 0 rings (SSSR count). The van der Waals surface area contributed by atoms with Gasteiger partial charge in [-0.3, -0.25) is 14.4 Å². The highest BCUT2D eigenvalue weighted by Crippen LogP contribution is 2.18. The molecular weight excluding hydrogens is 901 g/mol. The Bertz CT molecular complexity index is 1220. The van der Waals surface area contributed by atoms with Crippen LogP contribution < -0.4 is 0 Å². The lowest BCUT2D eigenvalue weighted by molar-refractivity contribution is -0.167. The van der Waals surface area contributed by atoms with Gasteiger partial charge in [0.15, 0.2) is 6.10 Å². The molecule has 0 aromatic heterocycles. The first kappa shape index (κ1) is 70.6. The van der Waals surface area contributed by atoms with Gasteiger partial charge in [0.2, 0.25) is 0 Å². The van der Waals surface area contributed by atoms with Crippen molar-refractivity contribution in [3.8, 4) is 0 Å². The number of carbonyl (C=O) groups excluding carboxylic acids is 3. The molecule has 0 aliphatic heterocycles. The predicted molar refractivity (Wildman–Crippen MR) is 316 cm³/mol. The average molecular weight is 1030 g/mol. The van der Waals surface area contributed by atoms with Gasteiger partial charge in [0.1, 0.15) is 13.2 Å². The number of carbonyl (C=O) groups is 3. The van der Waals surface area contributed by atoms with Crippen LogP contribution in [0.15, 0.2) is 36.5 Å². The maximum atomic E-state index is 12.8. The highest BCUT2D eigenvalue weighted by atomic mass is 16.6. The summed E-state index contributed by atoms with van der Waals surface area (Å²) < 4.78 is 16.8. The number of unbranched alkanes of at least 4 members (excludes halogenated alkanes) is 43. The first-order chi connectivity index (χ1) is 36.0. The lowest BCUT2D eigenvalue weighted by Gasteiger charge is -2.18. The fourth-order valence-electron chi connectivity index (χ4n) is 9.68. The molecule has 6 heteroatoms. The predicted octanol–water partition coefficient (Wildman–Crippen LogP) is 22.0. The zero-order chi connectivity index (χ0) is 52.9. The highest BCUT2D eigenvalue weighted by molar-refractivity contribution is 5.71. The largest absolute Gasteiger partial charge is 0.462 e. The van der Waals surface area contributed by atoms with E-state index in [9.17, 15) is 14.4 Å². The van der Waals surface area contributed by atoms with E-state index in [0.717, 1.165) is 89.9 Å². The fraction of sp³-hybridized carbons (Fsp3) is 0.866. The van der Waals surface area contributed by atoms with E-state index in [4.69, 9.17) is 14.2 Å². The second-order valence-electron chi connectivity index (χ2n) is 22.0. The van der Waals surface area contributed by atoms with Gasteiger partial charge < -0.3 is 14.2 Å². The van der Waals surface area contributed by atoms with Crippen LogP contribution in [0.4, 0.5) is 0 Å². The van der Waals surface area contributed by atoms with E-state index in [2.05, 4.69) is 57.2 Å². The van der Waals surface area contributed by atoms with Crippen molar-refractivity contribution in [1.29, 1.82) is 0 Å². The number of allylic oxidation sites excluding steroid dienone is 6. The Morgan fingerprint density at radius 2 is 0.479 bits per heavy atom. The molecule has 0 N–H and O–H groups in total. The van der Waals surface area contributed by atoms with Crippen LogP contribution >= 0.6 is 0 Å². The third-order valence-corrected chi connectivity index (χ3v) is 14.5. The molecule has 6 nitrogen and oxygen atoms in total. The molecule has 0 saturated heterocycles. The topological polar surface area (TPSA) is 78.9 Å². The van der Waals surface area contributed by atoms with Crippen LogP contribution in [0, 0.1) is 0 Å². The third-order valence-electron chi connectivity index (χ3n) is 14.5. The van der Waals surface area contributed by atoms with Gasteiger partial charge in [-0.2, -0.15) is 0 Å². The summed E-state index contributed by atoms with van der Waals surface area (Å²) in [4.78, 5) is 38.0. The lowest BCUT2D eigenvalue weighted by Crippen LogP contribution is -2.30. The summed E-state index contributed by atoms with van der Waals surface area (Å²) >= 11 is 0. The van der Waals surface area contributed by atoms with Crippen molar-refractivity contribution < 1.29 is 28.6 Å². The molecule has 0 fully saturated rings. The molecule has 0 bridgehead atoms. The number of rotatable bonds is 60. The van der Waals surface area contributed by atoms with Crippen LogP contribution in [0.25, 0.3) is 0 Å². The molecule has 0 aromatic carbocycles. The first-order valence-electron chi connectivity index (χ1n) is 32.5.